The minimum atomic E-state index is 0.109. The van der Waals surface area contributed by atoms with Gasteiger partial charge in [-0.15, -0.1) is 10.2 Å². The first-order valence-corrected chi connectivity index (χ1v) is 4.50. The molecule has 1 aromatic rings. The predicted molar refractivity (Wildman–Crippen MR) is 52.0 cm³/mol. The molecule has 0 aromatic carbocycles. The maximum atomic E-state index is 8.77. The van der Waals surface area contributed by atoms with Crippen molar-refractivity contribution in [2.45, 2.75) is 6.92 Å². The number of anilines is 1. The summed E-state index contributed by atoms with van der Waals surface area (Å²) >= 11 is 5.60. The number of aliphatic hydroxyl groups is 1. The minimum absolute atomic E-state index is 0.109. The van der Waals surface area contributed by atoms with Crippen molar-refractivity contribution >= 4 is 17.4 Å². The third kappa shape index (κ3) is 2.82. The fourth-order valence-corrected chi connectivity index (χ4v) is 1.13. The number of aliphatic hydroxyl groups excluding tert-OH is 1. The smallest absolute Gasteiger partial charge is 0.151 e. The second-order valence-electron chi connectivity index (χ2n) is 2.52. The van der Waals surface area contributed by atoms with Crippen LogP contribution in [0.1, 0.15) is 6.92 Å². The van der Waals surface area contributed by atoms with Gasteiger partial charge in [-0.3, -0.25) is 0 Å². The maximum Gasteiger partial charge on any atom is 0.151 e. The van der Waals surface area contributed by atoms with Crippen LogP contribution in [-0.4, -0.2) is 35.0 Å². The van der Waals surface area contributed by atoms with Gasteiger partial charge in [-0.05, 0) is 19.1 Å². The summed E-state index contributed by atoms with van der Waals surface area (Å²) in [6.45, 7) is 3.45. The van der Waals surface area contributed by atoms with Gasteiger partial charge in [0.1, 0.15) is 0 Å². The number of nitrogens with zero attached hydrogens (tertiary/aromatic N) is 3. The quantitative estimate of drug-likeness (QED) is 0.788. The van der Waals surface area contributed by atoms with Gasteiger partial charge in [-0.2, -0.15) is 0 Å². The zero-order valence-corrected chi connectivity index (χ0v) is 8.20. The van der Waals surface area contributed by atoms with Crippen molar-refractivity contribution in [3.8, 4) is 0 Å². The molecular weight excluding hydrogens is 190 g/mol. The molecule has 0 saturated heterocycles. The maximum absolute atomic E-state index is 8.77. The molecule has 4 nitrogen and oxygen atoms in total. The van der Waals surface area contributed by atoms with Crippen molar-refractivity contribution < 1.29 is 5.11 Å². The Kier molecular flexibility index (Phi) is 3.92. The van der Waals surface area contributed by atoms with Crippen LogP contribution in [-0.2, 0) is 0 Å². The average molecular weight is 202 g/mol. The summed E-state index contributed by atoms with van der Waals surface area (Å²) in [5.41, 5.74) is 0. The summed E-state index contributed by atoms with van der Waals surface area (Å²) in [6.07, 6.45) is 0. The fraction of sp³-hybridized carbons (Fsp3) is 0.500. The van der Waals surface area contributed by atoms with Crippen molar-refractivity contribution in [3.63, 3.8) is 0 Å². The average Bonchev–Trinajstić information content (AvgIpc) is 2.16. The zero-order valence-electron chi connectivity index (χ0n) is 7.44. The summed E-state index contributed by atoms with van der Waals surface area (Å²) < 4.78 is 0. The van der Waals surface area contributed by atoms with Gasteiger partial charge in [0.2, 0.25) is 0 Å². The predicted octanol–water partition coefficient (Wildman–Crippen LogP) is 0.949. The van der Waals surface area contributed by atoms with E-state index in [9.17, 15) is 0 Å². The molecule has 0 saturated carbocycles. The van der Waals surface area contributed by atoms with Crippen molar-refractivity contribution in [3.05, 3.63) is 17.3 Å². The lowest BCUT2D eigenvalue weighted by Gasteiger charge is -2.19. The highest BCUT2D eigenvalue weighted by molar-refractivity contribution is 6.29. The van der Waals surface area contributed by atoms with Crippen LogP contribution in [0.15, 0.2) is 12.1 Å². The molecular formula is C8H12ClN3O. The van der Waals surface area contributed by atoms with E-state index in [4.69, 9.17) is 16.7 Å². The molecule has 0 aliphatic heterocycles. The summed E-state index contributed by atoms with van der Waals surface area (Å²) in [5, 5.41) is 16.8. The van der Waals surface area contributed by atoms with Crippen LogP contribution in [0.5, 0.6) is 0 Å². The van der Waals surface area contributed by atoms with Gasteiger partial charge in [0, 0.05) is 13.1 Å². The minimum Gasteiger partial charge on any atom is -0.395 e. The van der Waals surface area contributed by atoms with E-state index in [1.807, 2.05) is 11.8 Å². The largest absolute Gasteiger partial charge is 0.395 e. The molecule has 1 heterocycles. The summed E-state index contributed by atoms with van der Waals surface area (Å²) in [7, 11) is 0. The van der Waals surface area contributed by atoms with Crippen LogP contribution >= 0.6 is 11.6 Å². The van der Waals surface area contributed by atoms with E-state index in [0.29, 0.717) is 11.7 Å². The van der Waals surface area contributed by atoms with E-state index in [0.717, 1.165) is 12.4 Å². The van der Waals surface area contributed by atoms with Crippen molar-refractivity contribution in [1.29, 1.82) is 0 Å². The Balaban J connectivity index is 2.73. The summed E-state index contributed by atoms with van der Waals surface area (Å²) in [4.78, 5) is 1.92. The van der Waals surface area contributed by atoms with E-state index in [1.165, 1.54) is 0 Å². The summed E-state index contributed by atoms with van der Waals surface area (Å²) in [5.74, 6) is 0.737. The Morgan fingerprint density at radius 1 is 1.46 bits per heavy atom. The highest BCUT2D eigenvalue weighted by atomic mass is 35.5. The van der Waals surface area contributed by atoms with Gasteiger partial charge >= 0.3 is 0 Å². The van der Waals surface area contributed by atoms with Gasteiger partial charge in [0.15, 0.2) is 11.0 Å². The molecule has 0 amide bonds. The van der Waals surface area contributed by atoms with Gasteiger partial charge < -0.3 is 10.0 Å². The van der Waals surface area contributed by atoms with Crippen LogP contribution < -0.4 is 4.90 Å². The fourth-order valence-electron chi connectivity index (χ4n) is 1.03. The molecule has 0 radical (unpaired) electrons. The normalized spacial score (nSPS) is 10.1. The van der Waals surface area contributed by atoms with Gasteiger partial charge in [0.05, 0.1) is 6.61 Å². The lowest BCUT2D eigenvalue weighted by Crippen LogP contribution is -2.27. The van der Waals surface area contributed by atoms with Crippen molar-refractivity contribution in [1.82, 2.24) is 10.2 Å². The molecule has 1 aromatic heterocycles. The van der Waals surface area contributed by atoms with Gasteiger partial charge in [-0.1, -0.05) is 11.6 Å². The molecule has 0 spiro atoms. The topological polar surface area (TPSA) is 49.2 Å². The van der Waals surface area contributed by atoms with Gasteiger partial charge in [0.25, 0.3) is 0 Å². The second kappa shape index (κ2) is 4.99. The Labute approximate surface area is 82.2 Å². The summed E-state index contributed by atoms with van der Waals surface area (Å²) in [6, 6.07) is 3.47. The third-order valence-electron chi connectivity index (χ3n) is 1.69. The molecule has 0 unspecified atom stereocenters. The Bertz CT molecular complexity index is 252. The second-order valence-corrected chi connectivity index (χ2v) is 2.90. The first kappa shape index (κ1) is 10.2. The standard InChI is InChI=1S/C8H12ClN3O/c1-2-12(5-6-13)8-4-3-7(9)10-11-8/h3-4,13H,2,5-6H2,1H3. The molecule has 0 atom stereocenters. The van der Waals surface area contributed by atoms with E-state index >= 15 is 0 Å². The molecule has 72 valence electrons. The highest BCUT2D eigenvalue weighted by Crippen LogP contribution is 2.10. The van der Waals surface area contributed by atoms with Crippen LogP contribution in [0.2, 0.25) is 5.15 Å². The first-order valence-electron chi connectivity index (χ1n) is 4.13. The van der Waals surface area contributed by atoms with Crippen LogP contribution in [0, 0.1) is 0 Å². The zero-order chi connectivity index (χ0) is 9.68. The molecule has 13 heavy (non-hydrogen) atoms. The highest BCUT2D eigenvalue weighted by Gasteiger charge is 2.04. The SMILES string of the molecule is CCN(CCO)c1ccc(Cl)nn1. The molecule has 0 bridgehead atoms. The van der Waals surface area contributed by atoms with Gasteiger partial charge in [-0.25, -0.2) is 0 Å². The third-order valence-corrected chi connectivity index (χ3v) is 1.90. The van der Waals surface area contributed by atoms with E-state index in [-0.39, 0.29) is 6.61 Å². The number of rotatable bonds is 4. The number of hydrogen-bond acceptors (Lipinski definition) is 4. The Morgan fingerprint density at radius 2 is 2.23 bits per heavy atom. The molecule has 0 aliphatic carbocycles. The van der Waals surface area contributed by atoms with Crippen molar-refractivity contribution in [2.24, 2.45) is 0 Å². The Hall–Kier alpha value is -0.870. The van der Waals surface area contributed by atoms with Crippen molar-refractivity contribution in [2.75, 3.05) is 24.6 Å². The van der Waals surface area contributed by atoms with E-state index < -0.39 is 0 Å². The first-order chi connectivity index (χ1) is 6.27. The molecule has 5 heteroatoms. The van der Waals surface area contributed by atoms with Crippen LogP contribution in [0.3, 0.4) is 0 Å². The lowest BCUT2D eigenvalue weighted by atomic mass is 10.4. The Morgan fingerprint density at radius 3 is 2.69 bits per heavy atom. The lowest BCUT2D eigenvalue weighted by molar-refractivity contribution is 0.302. The molecule has 1 N–H and O–H groups in total. The number of hydrogen-bond donors (Lipinski definition) is 1. The number of aromatic nitrogens is 2. The molecule has 0 aliphatic rings. The number of likely N-dealkylation sites (N-methyl/N-ethyl adjacent to an activating group) is 1. The molecule has 1 rings (SSSR count). The van der Waals surface area contributed by atoms with Crippen LogP contribution in [0.25, 0.3) is 0 Å². The van der Waals surface area contributed by atoms with E-state index in [2.05, 4.69) is 10.2 Å². The molecule has 0 fully saturated rings. The van der Waals surface area contributed by atoms with E-state index in [1.54, 1.807) is 12.1 Å². The monoisotopic (exact) mass is 201 g/mol. The van der Waals surface area contributed by atoms with Crippen LogP contribution in [0.4, 0.5) is 5.82 Å². The number of halogens is 1.